The molecule has 100 valence electrons. The summed E-state index contributed by atoms with van der Waals surface area (Å²) in [5.41, 5.74) is 1.50. The Labute approximate surface area is 118 Å². The van der Waals surface area contributed by atoms with Gasteiger partial charge in [-0.3, -0.25) is 14.9 Å². The normalized spacial score (nSPS) is 10.7. The van der Waals surface area contributed by atoms with Crippen LogP contribution < -0.4 is 5.32 Å². The third kappa shape index (κ3) is 2.33. The van der Waals surface area contributed by atoms with Crippen LogP contribution in [0.25, 0.3) is 5.52 Å². The highest BCUT2D eigenvalue weighted by Crippen LogP contribution is 2.19. The first-order valence-corrected chi connectivity index (χ1v) is 6.80. The number of thiazole rings is 1. The van der Waals surface area contributed by atoms with Crippen molar-refractivity contribution in [3.8, 4) is 0 Å². The number of aromatic nitrogens is 2. The highest BCUT2D eigenvalue weighted by atomic mass is 32.1. The second kappa shape index (κ2) is 4.90. The summed E-state index contributed by atoms with van der Waals surface area (Å²) >= 11 is 1.17. The van der Waals surface area contributed by atoms with E-state index < -0.39 is 0 Å². The fourth-order valence-electron chi connectivity index (χ4n) is 1.84. The molecule has 0 aliphatic rings. The van der Waals surface area contributed by atoms with Crippen molar-refractivity contribution in [2.75, 3.05) is 5.32 Å². The molecule has 0 fully saturated rings. The summed E-state index contributed by atoms with van der Waals surface area (Å²) in [6.07, 6.45) is 5.10. The predicted molar refractivity (Wildman–Crippen MR) is 77.5 cm³/mol. The zero-order valence-electron chi connectivity index (χ0n) is 10.7. The van der Waals surface area contributed by atoms with E-state index in [9.17, 15) is 9.59 Å². The number of nitrogens with zero attached hydrogens (tertiary/aromatic N) is 2. The number of anilines is 1. The van der Waals surface area contributed by atoms with Crippen LogP contribution in [-0.4, -0.2) is 21.1 Å². The number of Topliss-reactive ketones (excluding diaryl/α,β-unsaturated/α-hetero) is 1. The summed E-state index contributed by atoms with van der Waals surface area (Å²) in [6, 6.07) is 7.54. The number of hydrogen-bond acceptors (Lipinski definition) is 4. The second-order valence-electron chi connectivity index (χ2n) is 4.30. The van der Waals surface area contributed by atoms with Gasteiger partial charge in [-0.05, 0) is 18.2 Å². The maximum absolute atomic E-state index is 12.1. The number of rotatable bonds is 3. The molecular weight excluding hydrogens is 274 g/mol. The van der Waals surface area contributed by atoms with Gasteiger partial charge in [0.05, 0.1) is 16.6 Å². The van der Waals surface area contributed by atoms with Gasteiger partial charge in [0, 0.05) is 24.8 Å². The Kier molecular flexibility index (Phi) is 3.08. The number of nitrogens with one attached hydrogen (secondary N) is 1. The van der Waals surface area contributed by atoms with E-state index in [4.69, 9.17) is 0 Å². The van der Waals surface area contributed by atoms with E-state index in [0.717, 1.165) is 5.52 Å². The van der Waals surface area contributed by atoms with Crippen LogP contribution in [0.3, 0.4) is 0 Å². The van der Waals surface area contributed by atoms with Crippen LogP contribution >= 0.6 is 11.3 Å². The number of amides is 1. The first kappa shape index (κ1) is 12.6. The summed E-state index contributed by atoms with van der Waals surface area (Å²) in [7, 11) is 0. The van der Waals surface area contributed by atoms with Crippen molar-refractivity contribution in [1.29, 1.82) is 0 Å². The Bertz CT molecular complexity index is 770. The Balaban J connectivity index is 1.83. The van der Waals surface area contributed by atoms with Crippen molar-refractivity contribution < 1.29 is 9.59 Å². The lowest BCUT2D eigenvalue weighted by Gasteiger charge is -1.97. The fraction of sp³-hybridized carbons (Fsp3) is 0.0714. The highest BCUT2D eigenvalue weighted by molar-refractivity contribution is 7.17. The average Bonchev–Trinajstić information content (AvgIpc) is 3.04. The molecule has 1 N–H and O–H groups in total. The molecule has 0 saturated heterocycles. The first-order chi connectivity index (χ1) is 9.63. The van der Waals surface area contributed by atoms with Crippen LogP contribution in [0.2, 0.25) is 0 Å². The zero-order valence-corrected chi connectivity index (χ0v) is 11.5. The number of carbonyl (C=O) groups is 2. The Morgan fingerprint density at radius 1 is 1.35 bits per heavy atom. The predicted octanol–water partition coefficient (Wildman–Crippen LogP) is 2.85. The smallest absolute Gasteiger partial charge is 0.259 e. The van der Waals surface area contributed by atoms with Gasteiger partial charge >= 0.3 is 0 Å². The highest BCUT2D eigenvalue weighted by Gasteiger charge is 2.12. The molecule has 0 atom stereocenters. The van der Waals surface area contributed by atoms with Crippen molar-refractivity contribution in [2.24, 2.45) is 0 Å². The van der Waals surface area contributed by atoms with Crippen LogP contribution in [0.15, 0.2) is 42.9 Å². The molecule has 5 nitrogen and oxygen atoms in total. The van der Waals surface area contributed by atoms with Gasteiger partial charge in [-0.25, -0.2) is 4.98 Å². The molecule has 0 aromatic carbocycles. The molecule has 0 bridgehead atoms. The van der Waals surface area contributed by atoms with Gasteiger partial charge in [-0.15, -0.1) is 0 Å². The van der Waals surface area contributed by atoms with Gasteiger partial charge in [-0.2, -0.15) is 0 Å². The minimum atomic E-state index is -0.238. The van der Waals surface area contributed by atoms with Crippen LogP contribution in [0.4, 0.5) is 5.13 Å². The molecule has 0 radical (unpaired) electrons. The summed E-state index contributed by atoms with van der Waals surface area (Å²) in [6.45, 7) is 1.47. The molecule has 0 spiro atoms. The van der Waals surface area contributed by atoms with Crippen LogP contribution in [0, 0.1) is 0 Å². The lowest BCUT2D eigenvalue weighted by molar-refractivity contribution is 0.101. The molecule has 0 aliphatic carbocycles. The Morgan fingerprint density at radius 3 is 2.90 bits per heavy atom. The third-order valence-electron chi connectivity index (χ3n) is 2.84. The second-order valence-corrected chi connectivity index (χ2v) is 5.33. The van der Waals surface area contributed by atoms with Crippen molar-refractivity contribution in [2.45, 2.75) is 6.92 Å². The standard InChI is InChI=1S/C14H11N3O2S/c1-9(18)12-7-15-14(20-12)16-13(19)10-6-11-4-2-3-5-17(11)8-10/h2-8H,1H3,(H,15,16,19). The molecule has 3 aromatic heterocycles. The van der Waals surface area contributed by atoms with Crippen molar-refractivity contribution in [1.82, 2.24) is 9.38 Å². The fourth-order valence-corrected chi connectivity index (χ4v) is 2.55. The van der Waals surface area contributed by atoms with Gasteiger partial charge in [-0.1, -0.05) is 17.4 Å². The summed E-state index contributed by atoms with van der Waals surface area (Å²) in [5.74, 6) is -0.296. The number of ketones is 1. The molecule has 1 amide bonds. The van der Waals surface area contributed by atoms with Gasteiger partial charge in [0.2, 0.25) is 0 Å². The first-order valence-electron chi connectivity index (χ1n) is 5.98. The van der Waals surface area contributed by atoms with Crippen LogP contribution in [0.1, 0.15) is 27.0 Å². The van der Waals surface area contributed by atoms with Crippen LogP contribution in [-0.2, 0) is 0 Å². The van der Waals surface area contributed by atoms with E-state index in [2.05, 4.69) is 10.3 Å². The number of pyridine rings is 1. The molecule has 0 aliphatic heterocycles. The lowest BCUT2D eigenvalue weighted by atomic mass is 10.3. The van der Waals surface area contributed by atoms with E-state index in [-0.39, 0.29) is 11.7 Å². The monoisotopic (exact) mass is 285 g/mol. The maximum atomic E-state index is 12.1. The quantitative estimate of drug-likeness (QED) is 0.753. The molecule has 0 saturated carbocycles. The van der Waals surface area contributed by atoms with Crippen molar-refractivity contribution >= 4 is 33.7 Å². The molecule has 6 heteroatoms. The molecule has 3 heterocycles. The van der Waals surface area contributed by atoms with E-state index in [0.29, 0.717) is 15.6 Å². The van der Waals surface area contributed by atoms with E-state index >= 15 is 0 Å². The zero-order chi connectivity index (χ0) is 14.1. The Morgan fingerprint density at radius 2 is 2.20 bits per heavy atom. The summed E-state index contributed by atoms with van der Waals surface area (Å²) < 4.78 is 1.87. The maximum Gasteiger partial charge on any atom is 0.259 e. The molecule has 3 rings (SSSR count). The van der Waals surface area contributed by atoms with E-state index in [1.54, 1.807) is 12.3 Å². The van der Waals surface area contributed by atoms with Gasteiger partial charge in [0.15, 0.2) is 10.9 Å². The van der Waals surface area contributed by atoms with Gasteiger partial charge < -0.3 is 4.40 Å². The third-order valence-corrected chi connectivity index (χ3v) is 3.85. The number of hydrogen-bond donors (Lipinski definition) is 1. The number of fused-ring (bicyclic) bond motifs is 1. The summed E-state index contributed by atoms with van der Waals surface area (Å²) in [5, 5.41) is 3.12. The molecule has 0 unspecified atom stereocenters. The van der Waals surface area contributed by atoms with E-state index in [1.807, 2.05) is 28.8 Å². The Hall–Kier alpha value is -2.47. The summed E-state index contributed by atoms with van der Waals surface area (Å²) in [4.78, 5) is 27.9. The minimum absolute atomic E-state index is 0.0578. The topological polar surface area (TPSA) is 63.5 Å². The van der Waals surface area contributed by atoms with Crippen LogP contribution in [0.5, 0.6) is 0 Å². The largest absolute Gasteiger partial charge is 0.323 e. The van der Waals surface area contributed by atoms with Gasteiger partial charge in [0.1, 0.15) is 0 Å². The van der Waals surface area contributed by atoms with Gasteiger partial charge in [0.25, 0.3) is 5.91 Å². The number of carbonyl (C=O) groups excluding carboxylic acids is 2. The minimum Gasteiger partial charge on any atom is -0.323 e. The molecule has 3 aromatic rings. The van der Waals surface area contributed by atoms with E-state index in [1.165, 1.54) is 24.5 Å². The SMILES string of the molecule is CC(=O)c1cnc(NC(=O)c2cc3ccccn3c2)s1. The molecular formula is C14H11N3O2S. The average molecular weight is 285 g/mol. The van der Waals surface area contributed by atoms with Crippen molar-refractivity contribution in [3.63, 3.8) is 0 Å². The van der Waals surface area contributed by atoms with Crippen molar-refractivity contribution in [3.05, 3.63) is 53.3 Å². The lowest BCUT2D eigenvalue weighted by Crippen LogP contribution is -2.10. The molecule has 20 heavy (non-hydrogen) atoms.